The van der Waals surface area contributed by atoms with Gasteiger partial charge in [-0.3, -0.25) is 14.4 Å². The van der Waals surface area contributed by atoms with Crippen LogP contribution in [-0.2, 0) is 14.4 Å². The van der Waals surface area contributed by atoms with Gasteiger partial charge in [-0.25, -0.2) is 4.99 Å². The van der Waals surface area contributed by atoms with E-state index < -0.39 is 29.4 Å². The van der Waals surface area contributed by atoms with E-state index in [1.165, 1.54) is 4.90 Å². The number of nitrogens with zero attached hydrogens (tertiary/aromatic N) is 2. The number of para-hydroxylation sites is 1. The van der Waals surface area contributed by atoms with Crippen molar-refractivity contribution in [3.8, 4) is 0 Å². The predicted octanol–water partition coefficient (Wildman–Crippen LogP) is 5.29. The highest BCUT2D eigenvalue weighted by molar-refractivity contribution is 6.30. The number of benzene rings is 2. The summed E-state index contributed by atoms with van der Waals surface area (Å²) in [5.74, 6) is -2.41. The van der Waals surface area contributed by atoms with E-state index in [2.05, 4.69) is 5.32 Å². The standard InChI is InChI=1S/C29H34ClN3O4/c1-18(2)17-22(29(28(36)37)15-7-4-8-16-29)26(34)32-25-27(35)33(3)23-10-6-5-9-21(23)24(31-25)19-11-13-20(30)14-12-19/h5-6,9-14,18,22,25H,4,7-8,15-17H2,1-3H3,(H,32,34)(H,36,37). The summed E-state index contributed by atoms with van der Waals surface area (Å²) in [5.41, 5.74) is 1.60. The van der Waals surface area contributed by atoms with Gasteiger partial charge >= 0.3 is 5.97 Å². The van der Waals surface area contributed by atoms with Crippen molar-refractivity contribution in [2.24, 2.45) is 22.2 Å². The van der Waals surface area contributed by atoms with Crippen LogP contribution in [0.25, 0.3) is 0 Å². The average Bonchev–Trinajstić information content (AvgIpc) is 2.98. The summed E-state index contributed by atoms with van der Waals surface area (Å²) in [7, 11) is 1.66. The van der Waals surface area contributed by atoms with E-state index in [4.69, 9.17) is 16.6 Å². The molecule has 2 amide bonds. The van der Waals surface area contributed by atoms with E-state index >= 15 is 0 Å². The normalized spacial score (nSPS) is 20.0. The number of likely N-dealkylation sites (N-methyl/N-ethyl adjacent to an activating group) is 1. The number of carbonyl (C=O) groups is 3. The molecular weight excluding hydrogens is 490 g/mol. The molecule has 0 bridgehead atoms. The van der Waals surface area contributed by atoms with E-state index in [9.17, 15) is 19.5 Å². The molecular formula is C29H34ClN3O4. The first-order valence-corrected chi connectivity index (χ1v) is 13.3. The van der Waals surface area contributed by atoms with Crippen molar-refractivity contribution in [1.29, 1.82) is 0 Å². The fourth-order valence-corrected chi connectivity index (χ4v) is 5.76. The molecule has 4 rings (SSSR count). The lowest BCUT2D eigenvalue weighted by molar-refractivity contribution is -0.160. The van der Waals surface area contributed by atoms with Crippen molar-refractivity contribution >= 4 is 40.8 Å². The van der Waals surface area contributed by atoms with Gasteiger partial charge in [0.2, 0.25) is 12.1 Å². The monoisotopic (exact) mass is 523 g/mol. The first kappa shape index (κ1) is 26.9. The number of amides is 2. The molecule has 37 heavy (non-hydrogen) atoms. The van der Waals surface area contributed by atoms with Crippen molar-refractivity contribution in [1.82, 2.24) is 5.32 Å². The summed E-state index contributed by atoms with van der Waals surface area (Å²) < 4.78 is 0. The van der Waals surface area contributed by atoms with E-state index in [-0.39, 0.29) is 11.8 Å². The first-order valence-electron chi connectivity index (χ1n) is 12.9. The Morgan fingerprint density at radius 1 is 1.11 bits per heavy atom. The maximum atomic E-state index is 13.8. The van der Waals surface area contributed by atoms with Gasteiger partial charge in [-0.15, -0.1) is 0 Å². The van der Waals surface area contributed by atoms with Crippen molar-refractivity contribution in [2.45, 2.75) is 58.5 Å². The molecule has 0 aromatic heterocycles. The predicted molar refractivity (Wildman–Crippen MR) is 145 cm³/mol. The molecule has 2 aromatic rings. The second-order valence-corrected chi connectivity index (χ2v) is 11.0. The molecule has 7 nitrogen and oxygen atoms in total. The zero-order chi connectivity index (χ0) is 26.7. The Kier molecular flexibility index (Phi) is 8.02. The topological polar surface area (TPSA) is 99.1 Å². The van der Waals surface area contributed by atoms with Gasteiger partial charge in [0.1, 0.15) is 0 Å². The second kappa shape index (κ2) is 11.1. The fraction of sp³-hybridized carbons (Fsp3) is 0.448. The highest BCUT2D eigenvalue weighted by atomic mass is 35.5. The Balaban J connectivity index is 1.75. The summed E-state index contributed by atoms with van der Waals surface area (Å²) in [6, 6.07) is 14.6. The van der Waals surface area contributed by atoms with Crippen LogP contribution < -0.4 is 10.2 Å². The Morgan fingerprint density at radius 2 is 1.76 bits per heavy atom. The molecule has 1 aliphatic carbocycles. The molecule has 2 aromatic carbocycles. The Morgan fingerprint density at radius 3 is 2.38 bits per heavy atom. The highest BCUT2D eigenvalue weighted by Crippen LogP contribution is 2.45. The summed E-state index contributed by atoms with van der Waals surface area (Å²) in [4.78, 5) is 46.3. The number of halogens is 1. The molecule has 8 heteroatoms. The smallest absolute Gasteiger partial charge is 0.310 e. The van der Waals surface area contributed by atoms with Crippen LogP contribution in [0.3, 0.4) is 0 Å². The molecule has 2 aliphatic rings. The van der Waals surface area contributed by atoms with Crippen LogP contribution in [0.2, 0.25) is 5.02 Å². The Labute approximate surface area is 222 Å². The van der Waals surface area contributed by atoms with Crippen LogP contribution in [0.4, 0.5) is 5.69 Å². The minimum Gasteiger partial charge on any atom is -0.481 e. The minimum atomic E-state index is -1.19. The lowest BCUT2D eigenvalue weighted by atomic mass is 9.63. The van der Waals surface area contributed by atoms with Gasteiger partial charge in [-0.05, 0) is 43.4 Å². The number of aliphatic carboxylic acids is 1. The van der Waals surface area contributed by atoms with Crippen LogP contribution in [0, 0.1) is 17.3 Å². The largest absolute Gasteiger partial charge is 0.481 e. The van der Waals surface area contributed by atoms with E-state index in [1.807, 2.05) is 50.2 Å². The maximum absolute atomic E-state index is 13.8. The summed E-state index contributed by atoms with van der Waals surface area (Å²) in [6.07, 6.45) is 2.64. The number of carboxylic acid groups (broad SMARTS) is 1. The van der Waals surface area contributed by atoms with Gasteiger partial charge in [0, 0.05) is 23.2 Å². The van der Waals surface area contributed by atoms with E-state index in [0.29, 0.717) is 35.7 Å². The van der Waals surface area contributed by atoms with Gasteiger partial charge in [-0.1, -0.05) is 75.0 Å². The van der Waals surface area contributed by atoms with E-state index in [1.54, 1.807) is 19.2 Å². The van der Waals surface area contributed by atoms with Gasteiger partial charge in [0.25, 0.3) is 5.91 Å². The summed E-state index contributed by atoms with van der Waals surface area (Å²) in [5, 5.41) is 13.7. The SMILES string of the molecule is CC(C)CC(C(=O)NC1N=C(c2ccc(Cl)cc2)c2ccccc2N(C)C1=O)C1(C(=O)O)CCCCC1. The number of hydrogen-bond donors (Lipinski definition) is 2. The highest BCUT2D eigenvalue weighted by Gasteiger charge is 2.50. The van der Waals surface area contributed by atoms with Crippen LogP contribution in [-0.4, -0.2) is 41.8 Å². The third-order valence-corrected chi connectivity index (χ3v) is 7.85. The number of carbonyl (C=O) groups excluding carboxylic acids is 2. The molecule has 2 atom stereocenters. The molecule has 2 N–H and O–H groups in total. The molecule has 1 aliphatic heterocycles. The zero-order valence-corrected chi connectivity index (χ0v) is 22.3. The molecule has 2 unspecified atom stereocenters. The third-order valence-electron chi connectivity index (χ3n) is 7.60. The number of benzodiazepines with no additional fused rings is 1. The van der Waals surface area contributed by atoms with Gasteiger partial charge in [0.15, 0.2) is 0 Å². The zero-order valence-electron chi connectivity index (χ0n) is 21.5. The van der Waals surface area contributed by atoms with Crippen LogP contribution in [0.15, 0.2) is 53.5 Å². The van der Waals surface area contributed by atoms with Crippen LogP contribution >= 0.6 is 11.6 Å². The van der Waals surface area contributed by atoms with Crippen molar-refractivity contribution in [3.63, 3.8) is 0 Å². The number of fused-ring (bicyclic) bond motifs is 1. The number of aliphatic imine (C=N–C) groups is 1. The van der Waals surface area contributed by atoms with Crippen LogP contribution in [0.1, 0.15) is 63.5 Å². The van der Waals surface area contributed by atoms with Crippen LogP contribution in [0.5, 0.6) is 0 Å². The van der Waals surface area contributed by atoms with Crippen molar-refractivity contribution in [3.05, 3.63) is 64.7 Å². The number of nitrogens with one attached hydrogen (secondary N) is 1. The first-order chi connectivity index (χ1) is 17.6. The molecule has 1 heterocycles. The maximum Gasteiger partial charge on any atom is 0.310 e. The lowest BCUT2D eigenvalue weighted by Gasteiger charge is -2.40. The fourth-order valence-electron chi connectivity index (χ4n) is 5.64. The second-order valence-electron chi connectivity index (χ2n) is 10.5. The van der Waals surface area contributed by atoms with Gasteiger partial charge in [0.05, 0.1) is 22.7 Å². The molecule has 0 spiro atoms. The van der Waals surface area contributed by atoms with Gasteiger partial charge < -0.3 is 15.3 Å². The summed E-state index contributed by atoms with van der Waals surface area (Å²) in [6.45, 7) is 3.97. The summed E-state index contributed by atoms with van der Waals surface area (Å²) >= 11 is 6.11. The average molecular weight is 524 g/mol. The number of rotatable bonds is 7. The molecule has 1 fully saturated rings. The minimum absolute atomic E-state index is 0.110. The number of carboxylic acids is 1. The van der Waals surface area contributed by atoms with Gasteiger partial charge in [-0.2, -0.15) is 0 Å². The number of anilines is 1. The Bertz CT molecular complexity index is 1200. The van der Waals surface area contributed by atoms with Crippen molar-refractivity contribution in [2.75, 3.05) is 11.9 Å². The number of hydrogen-bond acceptors (Lipinski definition) is 4. The molecule has 196 valence electrons. The quantitative estimate of drug-likeness (QED) is 0.515. The Hall–Kier alpha value is -3.19. The molecule has 0 saturated heterocycles. The van der Waals surface area contributed by atoms with Crippen molar-refractivity contribution < 1.29 is 19.5 Å². The lowest BCUT2D eigenvalue weighted by Crippen LogP contribution is -2.53. The molecule has 0 radical (unpaired) electrons. The van der Waals surface area contributed by atoms with E-state index in [0.717, 1.165) is 30.4 Å². The molecule has 1 saturated carbocycles. The third kappa shape index (κ3) is 5.42.